The molecule has 0 spiro atoms. The van der Waals surface area contributed by atoms with Gasteiger partial charge >= 0.3 is 0 Å². The lowest BCUT2D eigenvalue weighted by atomic mass is 10.0. The SMILES string of the molecule is C=CC1C=CCC1.C=CCCC(C=C)C=C. The molecule has 1 rings (SSSR count). The van der Waals surface area contributed by atoms with Gasteiger partial charge in [0.25, 0.3) is 0 Å². The van der Waals surface area contributed by atoms with Gasteiger partial charge in [0.1, 0.15) is 0 Å². The van der Waals surface area contributed by atoms with Crippen molar-refractivity contribution < 1.29 is 0 Å². The maximum Gasteiger partial charge on any atom is -0.00532 e. The highest BCUT2D eigenvalue weighted by Crippen LogP contribution is 2.16. The Bertz CT molecular complexity index is 237. The average Bonchev–Trinajstić information content (AvgIpc) is 2.84. The number of hydrogen-bond donors (Lipinski definition) is 0. The summed E-state index contributed by atoms with van der Waals surface area (Å²) in [7, 11) is 0. The molecule has 0 fully saturated rings. The quantitative estimate of drug-likeness (QED) is 0.543. The van der Waals surface area contributed by atoms with Gasteiger partial charge in [-0.15, -0.1) is 26.3 Å². The third-order valence-electron chi connectivity index (χ3n) is 2.66. The van der Waals surface area contributed by atoms with Crippen molar-refractivity contribution in [2.24, 2.45) is 11.8 Å². The normalized spacial score (nSPS) is 17.4. The molecule has 0 radical (unpaired) electrons. The van der Waals surface area contributed by atoms with E-state index in [-0.39, 0.29) is 0 Å². The fourth-order valence-electron chi connectivity index (χ4n) is 1.49. The molecule has 1 atom stereocenters. The van der Waals surface area contributed by atoms with Gasteiger partial charge in [0.05, 0.1) is 0 Å². The maximum absolute atomic E-state index is 3.69. The molecule has 88 valence electrons. The molecular weight excluding hydrogens is 192 g/mol. The Labute approximate surface area is 101 Å². The van der Waals surface area contributed by atoms with Crippen LogP contribution in [0.4, 0.5) is 0 Å². The van der Waals surface area contributed by atoms with E-state index in [1.54, 1.807) is 0 Å². The second-order valence-electron chi connectivity index (χ2n) is 3.91. The van der Waals surface area contributed by atoms with Crippen LogP contribution < -0.4 is 0 Å². The fraction of sp³-hybridized carbons (Fsp3) is 0.375. The zero-order valence-electron chi connectivity index (χ0n) is 10.3. The third kappa shape index (κ3) is 7.05. The van der Waals surface area contributed by atoms with E-state index < -0.39 is 0 Å². The molecule has 1 aliphatic carbocycles. The van der Waals surface area contributed by atoms with Crippen LogP contribution in [0.2, 0.25) is 0 Å². The van der Waals surface area contributed by atoms with Gasteiger partial charge in [-0.25, -0.2) is 0 Å². The van der Waals surface area contributed by atoms with Gasteiger partial charge in [0.15, 0.2) is 0 Å². The van der Waals surface area contributed by atoms with Gasteiger partial charge in [0.2, 0.25) is 0 Å². The Balaban J connectivity index is 0.000000288. The Morgan fingerprint density at radius 1 is 1.19 bits per heavy atom. The molecule has 1 unspecified atom stereocenters. The van der Waals surface area contributed by atoms with E-state index in [9.17, 15) is 0 Å². The summed E-state index contributed by atoms with van der Waals surface area (Å²) < 4.78 is 0. The van der Waals surface area contributed by atoms with Gasteiger partial charge < -0.3 is 0 Å². The first-order chi connectivity index (χ1) is 7.78. The highest BCUT2D eigenvalue weighted by Gasteiger charge is 2.01. The first-order valence-electron chi connectivity index (χ1n) is 5.93. The Morgan fingerprint density at radius 2 is 1.88 bits per heavy atom. The predicted molar refractivity (Wildman–Crippen MR) is 75.4 cm³/mol. The molecule has 0 bridgehead atoms. The summed E-state index contributed by atoms with van der Waals surface area (Å²) in [4.78, 5) is 0. The molecule has 0 nitrogen and oxygen atoms in total. The van der Waals surface area contributed by atoms with Gasteiger partial charge in [-0.05, 0) is 37.5 Å². The summed E-state index contributed by atoms with van der Waals surface area (Å²) in [6.45, 7) is 14.7. The topological polar surface area (TPSA) is 0 Å². The predicted octanol–water partition coefficient (Wildman–Crippen LogP) is 5.08. The van der Waals surface area contributed by atoms with Crippen LogP contribution in [0.1, 0.15) is 25.7 Å². The summed E-state index contributed by atoms with van der Waals surface area (Å²) in [6, 6.07) is 0. The first-order valence-corrected chi connectivity index (χ1v) is 5.93. The highest BCUT2D eigenvalue weighted by molar-refractivity contribution is 5.03. The van der Waals surface area contributed by atoms with Crippen molar-refractivity contribution in [3.8, 4) is 0 Å². The molecule has 0 saturated carbocycles. The average molecular weight is 216 g/mol. The summed E-state index contributed by atoms with van der Waals surface area (Å²) >= 11 is 0. The molecule has 0 aromatic heterocycles. The molecule has 0 N–H and O–H groups in total. The zero-order valence-corrected chi connectivity index (χ0v) is 10.3. The standard InChI is InChI=1S/C9H14.C7H10/c1-4-7-8-9(5-2)6-3;1-2-7-5-3-4-6-7/h4-6,9H,1-3,7-8H2;2-3,5,7H,1,4,6H2. The van der Waals surface area contributed by atoms with Crippen molar-refractivity contribution in [2.75, 3.05) is 0 Å². The van der Waals surface area contributed by atoms with Crippen LogP contribution in [0.3, 0.4) is 0 Å². The zero-order chi connectivity index (χ0) is 12.2. The third-order valence-corrected chi connectivity index (χ3v) is 2.66. The van der Waals surface area contributed by atoms with Crippen molar-refractivity contribution in [3.05, 3.63) is 62.8 Å². The van der Waals surface area contributed by atoms with E-state index in [4.69, 9.17) is 0 Å². The van der Waals surface area contributed by atoms with E-state index in [0.29, 0.717) is 11.8 Å². The lowest BCUT2D eigenvalue weighted by Gasteiger charge is -2.01. The smallest absolute Gasteiger partial charge is 0.00532 e. The van der Waals surface area contributed by atoms with Crippen LogP contribution in [-0.2, 0) is 0 Å². The lowest BCUT2D eigenvalue weighted by molar-refractivity contribution is 0.725. The first kappa shape index (κ1) is 14.7. The Kier molecular flexibility index (Phi) is 9.39. The van der Waals surface area contributed by atoms with Crippen molar-refractivity contribution in [3.63, 3.8) is 0 Å². The van der Waals surface area contributed by atoms with Crippen molar-refractivity contribution in [1.29, 1.82) is 0 Å². The van der Waals surface area contributed by atoms with Crippen LogP contribution in [0.25, 0.3) is 0 Å². The fourth-order valence-corrected chi connectivity index (χ4v) is 1.49. The second-order valence-corrected chi connectivity index (χ2v) is 3.91. The van der Waals surface area contributed by atoms with E-state index in [1.807, 2.05) is 24.3 Å². The molecule has 0 aliphatic heterocycles. The summed E-state index contributed by atoms with van der Waals surface area (Å²) in [5.41, 5.74) is 0. The van der Waals surface area contributed by atoms with Gasteiger partial charge in [-0.2, -0.15) is 0 Å². The molecule has 0 heterocycles. The van der Waals surface area contributed by atoms with E-state index in [0.717, 1.165) is 12.8 Å². The number of allylic oxidation sites excluding steroid dienone is 6. The van der Waals surface area contributed by atoms with Gasteiger partial charge in [-0.1, -0.05) is 36.5 Å². The van der Waals surface area contributed by atoms with E-state index >= 15 is 0 Å². The van der Waals surface area contributed by atoms with Crippen LogP contribution in [0.5, 0.6) is 0 Å². The minimum Gasteiger partial charge on any atom is -0.103 e. The molecule has 0 aromatic carbocycles. The molecule has 1 aliphatic rings. The maximum atomic E-state index is 3.69. The van der Waals surface area contributed by atoms with Gasteiger partial charge in [-0.3, -0.25) is 0 Å². The van der Waals surface area contributed by atoms with Crippen LogP contribution >= 0.6 is 0 Å². The molecule has 0 amide bonds. The monoisotopic (exact) mass is 216 g/mol. The second kappa shape index (κ2) is 10.2. The highest BCUT2D eigenvalue weighted by atomic mass is 14.1. The molecule has 0 heteroatoms. The van der Waals surface area contributed by atoms with Crippen molar-refractivity contribution >= 4 is 0 Å². The number of rotatable bonds is 6. The molecule has 0 aromatic rings. The summed E-state index contributed by atoms with van der Waals surface area (Å²) in [5.74, 6) is 1.14. The minimum absolute atomic E-state index is 0.461. The number of hydrogen-bond acceptors (Lipinski definition) is 0. The minimum atomic E-state index is 0.461. The summed E-state index contributed by atoms with van der Waals surface area (Å²) in [6.07, 6.45) is 16.8. The Hall–Kier alpha value is -1.30. The van der Waals surface area contributed by atoms with Crippen LogP contribution in [-0.4, -0.2) is 0 Å². The largest absolute Gasteiger partial charge is 0.103 e. The van der Waals surface area contributed by atoms with Crippen molar-refractivity contribution in [1.82, 2.24) is 0 Å². The lowest BCUT2D eigenvalue weighted by Crippen LogP contribution is -1.87. The van der Waals surface area contributed by atoms with Crippen LogP contribution in [0, 0.1) is 11.8 Å². The van der Waals surface area contributed by atoms with E-state index in [1.165, 1.54) is 12.8 Å². The molecule has 16 heavy (non-hydrogen) atoms. The van der Waals surface area contributed by atoms with Crippen LogP contribution in [0.15, 0.2) is 62.8 Å². The Morgan fingerprint density at radius 3 is 2.19 bits per heavy atom. The molecule has 0 saturated heterocycles. The van der Waals surface area contributed by atoms with E-state index in [2.05, 4.69) is 38.5 Å². The van der Waals surface area contributed by atoms with Crippen molar-refractivity contribution in [2.45, 2.75) is 25.7 Å². The summed E-state index contributed by atoms with van der Waals surface area (Å²) in [5, 5.41) is 0. The van der Waals surface area contributed by atoms with Gasteiger partial charge in [0, 0.05) is 0 Å². The molecular formula is C16H24.